The van der Waals surface area contributed by atoms with Gasteiger partial charge in [-0.05, 0) is 39.7 Å². The van der Waals surface area contributed by atoms with E-state index in [4.69, 9.17) is 4.74 Å². The van der Waals surface area contributed by atoms with Gasteiger partial charge in [0.25, 0.3) is 0 Å². The predicted octanol–water partition coefficient (Wildman–Crippen LogP) is 1.85. The topological polar surface area (TPSA) is 29.5 Å². The Balaban J connectivity index is 2.38. The fourth-order valence-electron chi connectivity index (χ4n) is 1.96. The average molecular weight is 213 g/mol. The summed E-state index contributed by atoms with van der Waals surface area (Å²) in [6.07, 6.45) is 5.51. The van der Waals surface area contributed by atoms with Crippen LogP contribution in [0.3, 0.4) is 0 Å². The molecule has 15 heavy (non-hydrogen) atoms. The van der Waals surface area contributed by atoms with Crippen molar-refractivity contribution in [1.82, 2.24) is 4.90 Å². The van der Waals surface area contributed by atoms with Crippen LogP contribution in [0.5, 0.6) is 0 Å². The van der Waals surface area contributed by atoms with E-state index in [1.54, 1.807) is 7.11 Å². The molecular formula is C12H23NO2. The van der Waals surface area contributed by atoms with Crippen molar-refractivity contribution in [3.8, 4) is 0 Å². The lowest BCUT2D eigenvalue weighted by molar-refractivity contribution is -0.113. The Labute approximate surface area is 92.8 Å². The Bertz CT molecular complexity index is 204. The van der Waals surface area contributed by atoms with Crippen LogP contribution in [0.2, 0.25) is 0 Å². The molecule has 0 spiro atoms. The maximum atomic E-state index is 10.9. The minimum absolute atomic E-state index is 0.0785. The smallest absolute Gasteiger partial charge is 0.137 e. The number of nitrogens with zero attached hydrogens (tertiary/aromatic N) is 1. The highest BCUT2D eigenvalue weighted by Gasteiger charge is 2.24. The number of likely N-dealkylation sites (tertiary alicyclic amines) is 1. The van der Waals surface area contributed by atoms with E-state index in [0.717, 1.165) is 32.2 Å². The molecular weight excluding hydrogens is 190 g/mol. The van der Waals surface area contributed by atoms with Crippen LogP contribution in [-0.2, 0) is 9.53 Å². The molecule has 0 amide bonds. The molecule has 1 atom stereocenters. The van der Waals surface area contributed by atoms with Crippen molar-refractivity contribution in [3.63, 3.8) is 0 Å². The monoisotopic (exact) mass is 213 g/mol. The fourth-order valence-corrected chi connectivity index (χ4v) is 1.96. The molecule has 1 saturated heterocycles. The first-order valence-electron chi connectivity index (χ1n) is 5.83. The highest BCUT2D eigenvalue weighted by Crippen LogP contribution is 2.19. The molecule has 1 heterocycles. The fraction of sp³-hybridized carbons (Fsp3) is 0.917. The number of aldehydes is 1. The summed E-state index contributed by atoms with van der Waals surface area (Å²) >= 11 is 0. The van der Waals surface area contributed by atoms with Gasteiger partial charge in [-0.25, -0.2) is 0 Å². The SMILES string of the molecule is COC(C)(C)CCN1CCCCC1C=O. The van der Waals surface area contributed by atoms with Crippen LogP contribution < -0.4 is 0 Å². The standard InChI is InChI=1S/C12H23NO2/c1-12(2,15-3)7-9-13-8-5-4-6-11(13)10-14/h10-11H,4-9H2,1-3H3. The summed E-state index contributed by atoms with van der Waals surface area (Å²) in [7, 11) is 1.74. The summed E-state index contributed by atoms with van der Waals surface area (Å²) in [5.74, 6) is 0. The molecule has 0 radical (unpaired) electrons. The lowest BCUT2D eigenvalue weighted by Gasteiger charge is -2.34. The van der Waals surface area contributed by atoms with Crippen LogP contribution in [0, 0.1) is 0 Å². The number of carbonyl (C=O) groups excluding carboxylic acids is 1. The Morgan fingerprint density at radius 3 is 2.80 bits per heavy atom. The van der Waals surface area contributed by atoms with Gasteiger partial charge in [0.05, 0.1) is 11.6 Å². The Morgan fingerprint density at radius 1 is 1.47 bits per heavy atom. The molecule has 0 saturated carbocycles. The van der Waals surface area contributed by atoms with Crippen molar-refractivity contribution in [2.45, 2.75) is 51.2 Å². The molecule has 0 aromatic heterocycles. The van der Waals surface area contributed by atoms with E-state index in [9.17, 15) is 4.79 Å². The normalized spacial score (nSPS) is 24.1. The highest BCUT2D eigenvalue weighted by molar-refractivity contribution is 5.57. The van der Waals surface area contributed by atoms with Crippen LogP contribution in [0.4, 0.5) is 0 Å². The van der Waals surface area contributed by atoms with Crippen LogP contribution >= 0.6 is 0 Å². The molecule has 0 aromatic carbocycles. The summed E-state index contributed by atoms with van der Waals surface area (Å²) in [5.41, 5.74) is -0.0785. The molecule has 88 valence electrons. The average Bonchev–Trinajstić information content (AvgIpc) is 2.27. The number of carbonyl (C=O) groups is 1. The molecule has 1 unspecified atom stereocenters. The summed E-state index contributed by atoms with van der Waals surface area (Å²) in [6, 6.07) is 0.145. The largest absolute Gasteiger partial charge is 0.379 e. The Kier molecular flexibility index (Phi) is 4.74. The molecule has 0 N–H and O–H groups in total. The minimum Gasteiger partial charge on any atom is -0.379 e. The van der Waals surface area contributed by atoms with Gasteiger partial charge in [0, 0.05) is 13.7 Å². The zero-order chi connectivity index (χ0) is 11.3. The first-order valence-corrected chi connectivity index (χ1v) is 5.83. The molecule has 3 nitrogen and oxygen atoms in total. The van der Waals surface area contributed by atoms with Crippen LogP contribution in [0.15, 0.2) is 0 Å². The van der Waals surface area contributed by atoms with Gasteiger partial charge in [0.2, 0.25) is 0 Å². The van der Waals surface area contributed by atoms with Gasteiger partial charge in [0.15, 0.2) is 0 Å². The van der Waals surface area contributed by atoms with Gasteiger partial charge in [-0.3, -0.25) is 4.90 Å². The molecule has 3 heteroatoms. The van der Waals surface area contributed by atoms with Gasteiger partial charge in [-0.15, -0.1) is 0 Å². The third kappa shape index (κ3) is 3.92. The minimum atomic E-state index is -0.0785. The lowest BCUT2D eigenvalue weighted by atomic mass is 10.00. The van der Waals surface area contributed by atoms with Crippen molar-refractivity contribution in [3.05, 3.63) is 0 Å². The summed E-state index contributed by atoms with van der Waals surface area (Å²) in [4.78, 5) is 13.2. The van der Waals surface area contributed by atoms with E-state index in [1.165, 1.54) is 12.8 Å². The number of rotatable bonds is 5. The number of piperidine rings is 1. The second-order valence-corrected chi connectivity index (χ2v) is 4.95. The highest BCUT2D eigenvalue weighted by atomic mass is 16.5. The van der Waals surface area contributed by atoms with E-state index in [0.29, 0.717) is 0 Å². The quantitative estimate of drug-likeness (QED) is 0.653. The van der Waals surface area contributed by atoms with Gasteiger partial charge in [-0.2, -0.15) is 0 Å². The van der Waals surface area contributed by atoms with Crippen molar-refractivity contribution in [2.24, 2.45) is 0 Å². The van der Waals surface area contributed by atoms with E-state index >= 15 is 0 Å². The van der Waals surface area contributed by atoms with E-state index in [-0.39, 0.29) is 11.6 Å². The van der Waals surface area contributed by atoms with Gasteiger partial charge >= 0.3 is 0 Å². The van der Waals surface area contributed by atoms with Crippen molar-refractivity contribution in [1.29, 1.82) is 0 Å². The lowest BCUT2D eigenvalue weighted by Crippen LogP contribution is -2.43. The maximum absolute atomic E-state index is 10.9. The predicted molar refractivity (Wildman–Crippen MR) is 61.0 cm³/mol. The van der Waals surface area contributed by atoms with Crippen molar-refractivity contribution < 1.29 is 9.53 Å². The Morgan fingerprint density at radius 2 is 2.20 bits per heavy atom. The number of methoxy groups -OCH3 is 1. The maximum Gasteiger partial charge on any atom is 0.137 e. The van der Waals surface area contributed by atoms with Crippen molar-refractivity contribution >= 4 is 6.29 Å². The summed E-state index contributed by atoms with van der Waals surface area (Å²) in [6.45, 7) is 6.20. The zero-order valence-electron chi connectivity index (χ0n) is 10.2. The molecule has 1 rings (SSSR count). The number of hydrogen-bond donors (Lipinski definition) is 0. The molecule has 0 aliphatic carbocycles. The molecule has 1 aliphatic rings. The summed E-state index contributed by atoms with van der Waals surface area (Å²) < 4.78 is 5.38. The first kappa shape index (κ1) is 12.7. The van der Waals surface area contributed by atoms with Crippen LogP contribution in [0.25, 0.3) is 0 Å². The third-order valence-electron chi connectivity index (χ3n) is 3.37. The van der Waals surface area contributed by atoms with Crippen molar-refractivity contribution in [2.75, 3.05) is 20.2 Å². The zero-order valence-corrected chi connectivity index (χ0v) is 10.2. The molecule has 0 bridgehead atoms. The first-order chi connectivity index (χ1) is 7.09. The van der Waals surface area contributed by atoms with Crippen LogP contribution in [-0.4, -0.2) is 43.0 Å². The molecule has 1 aliphatic heterocycles. The molecule has 0 aromatic rings. The second-order valence-electron chi connectivity index (χ2n) is 4.95. The Hall–Kier alpha value is -0.410. The van der Waals surface area contributed by atoms with Gasteiger partial charge < -0.3 is 9.53 Å². The molecule has 1 fully saturated rings. The van der Waals surface area contributed by atoms with E-state index < -0.39 is 0 Å². The summed E-state index contributed by atoms with van der Waals surface area (Å²) in [5, 5.41) is 0. The van der Waals surface area contributed by atoms with E-state index in [2.05, 4.69) is 18.7 Å². The number of hydrogen-bond acceptors (Lipinski definition) is 3. The second kappa shape index (κ2) is 5.61. The van der Waals surface area contributed by atoms with Gasteiger partial charge in [-0.1, -0.05) is 6.42 Å². The van der Waals surface area contributed by atoms with Crippen LogP contribution in [0.1, 0.15) is 39.5 Å². The van der Waals surface area contributed by atoms with Gasteiger partial charge in [0.1, 0.15) is 6.29 Å². The van der Waals surface area contributed by atoms with E-state index in [1.807, 2.05) is 0 Å². The third-order valence-corrected chi connectivity index (χ3v) is 3.37. The number of ether oxygens (including phenoxy) is 1.